The van der Waals surface area contributed by atoms with Gasteiger partial charge >= 0.3 is 5.97 Å². The number of hydrogen-bond acceptors (Lipinski definition) is 8. The van der Waals surface area contributed by atoms with Gasteiger partial charge in [-0.1, -0.05) is 48.5 Å². The fourth-order valence-electron chi connectivity index (χ4n) is 5.19. The molecule has 0 aliphatic rings. The molecule has 2 aromatic carbocycles. The van der Waals surface area contributed by atoms with Crippen LogP contribution in [-0.2, 0) is 43.2 Å². The third-order valence-electron chi connectivity index (χ3n) is 7.69. The number of carbonyl (C=O) groups excluding carboxylic acids is 4. The van der Waals surface area contributed by atoms with E-state index in [1.165, 1.54) is 12.5 Å². The number of nitrogens with one attached hydrogen (secondary N) is 6. The number of aromatic amines is 2. The number of para-hydroxylation sites is 1. The fourth-order valence-corrected chi connectivity index (χ4v) is 5.19. The van der Waals surface area contributed by atoms with Gasteiger partial charge in [0.25, 0.3) is 0 Å². The van der Waals surface area contributed by atoms with E-state index in [1.54, 1.807) is 30.5 Å². The van der Waals surface area contributed by atoms with Gasteiger partial charge in [-0.05, 0) is 36.6 Å². The molecule has 0 unspecified atom stereocenters. The van der Waals surface area contributed by atoms with Crippen LogP contribution >= 0.6 is 0 Å². The van der Waals surface area contributed by atoms with Crippen LogP contribution in [0, 0.1) is 0 Å². The lowest BCUT2D eigenvalue weighted by Gasteiger charge is -2.26. The van der Waals surface area contributed by atoms with Crippen LogP contribution in [0.2, 0.25) is 1.41 Å². The largest absolute Gasteiger partial charge is 0.480 e. The van der Waals surface area contributed by atoms with Crippen LogP contribution in [0.3, 0.4) is 0 Å². The summed E-state index contributed by atoms with van der Waals surface area (Å²) in [6.45, 7) is -0.437. The standard InChI is InChI=1S/C33H41N9O6/c34-12-6-11-26(32(47)42-28(31(46)38-18-29(43)44)14-21-16-37-25-10-5-4-9-23(21)25)40-33(48)27(13-20-7-2-1-3-8-20)41-30(45)24(35)15-22-17-36-19-39-22/h1-5,7-10,16-17,19,24,26-28,37H,6,11-15,18,34-35H2,(H,36,39)(H,38,46)(H,40,48)(H,41,45)(H,42,47)(H,43,44)/t24-,26-,27-,28-/m0/s1/i/hD. The number of fused-ring (bicyclic) bond motifs is 1. The summed E-state index contributed by atoms with van der Waals surface area (Å²) in [5.74, 6) is -3.93. The molecule has 4 amide bonds. The quantitative estimate of drug-likeness (QED) is 0.0636. The van der Waals surface area contributed by atoms with Crippen LogP contribution < -0.4 is 32.7 Å². The Balaban J connectivity index is 1.54. The molecule has 0 spiro atoms. The Morgan fingerprint density at radius 1 is 0.833 bits per heavy atom. The lowest BCUT2D eigenvalue weighted by atomic mass is 10.0. The third kappa shape index (κ3) is 10.2. The number of nitrogens with two attached hydrogens (primary N) is 2. The molecule has 48 heavy (non-hydrogen) atoms. The second-order valence-electron chi connectivity index (χ2n) is 11.3. The highest BCUT2D eigenvalue weighted by Crippen LogP contribution is 2.19. The molecule has 2 aromatic heterocycles. The normalized spacial score (nSPS) is 13.8. The van der Waals surface area contributed by atoms with Gasteiger partial charge in [-0.15, -0.1) is 0 Å². The van der Waals surface area contributed by atoms with Gasteiger partial charge in [-0.25, -0.2) is 4.98 Å². The summed E-state index contributed by atoms with van der Waals surface area (Å²) in [7, 11) is 0. The molecule has 2 heterocycles. The Morgan fingerprint density at radius 3 is 2.23 bits per heavy atom. The number of carboxylic acids is 1. The Hall–Kier alpha value is -5.54. The Labute approximate surface area is 278 Å². The molecule has 15 nitrogen and oxygen atoms in total. The van der Waals surface area contributed by atoms with Crippen molar-refractivity contribution in [2.24, 2.45) is 11.5 Å². The van der Waals surface area contributed by atoms with Gasteiger partial charge in [-0.2, -0.15) is 0 Å². The maximum absolute atomic E-state index is 13.8. The number of imidazole rings is 1. The second kappa shape index (κ2) is 17.4. The highest BCUT2D eigenvalue weighted by molar-refractivity contribution is 5.95. The van der Waals surface area contributed by atoms with Crippen molar-refractivity contribution < 1.29 is 30.5 Å². The Morgan fingerprint density at radius 2 is 1.52 bits per heavy atom. The molecular weight excluding hydrogens is 618 g/mol. The van der Waals surface area contributed by atoms with Crippen LogP contribution in [-0.4, -0.2) is 86.9 Å². The molecule has 0 fully saturated rings. The van der Waals surface area contributed by atoms with Crippen LogP contribution in [0.1, 0.15) is 29.7 Å². The number of carbonyl (C=O) groups is 5. The molecule has 254 valence electrons. The smallest absolute Gasteiger partial charge is 0.322 e. The summed E-state index contributed by atoms with van der Waals surface area (Å²) in [6.07, 6.45) is 5.38. The monoisotopic (exact) mass is 660 g/mol. The van der Waals surface area contributed by atoms with Crippen molar-refractivity contribution in [3.63, 3.8) is 0 Å². The molecule has 15 heteroatoms. The predicted octanol–water partition coefficient (Wildman–Crippen LogP) is -0.360. The van der Waals surface area contributed by atoms with Crippen LogP contribution in [0.25, 0.3) is 10.9 Å². The third-order valence-corrected chi connectivity index (χ3v) is 7.69. The summed E-state index contributed by atoms with van der Waals surface area (Å²) in [4.78, 5) is 75.1. The second-order valence-corrected chi connectivity index (χ2v) is 11.3. The summed E-state index contributed by atoms with van der Waals surface area (Å²) in [5, 5.41) is 20.4. The van der Waals surface area contributed by atoms with Gasteiger partial charge in [0.2, 0.25) is 23.6 Å². The van der Waals surface area contributed by atoms with E-state index in [9.17, 15) is 24.0 Å². The first-order valence-electron chi connectivity index (χ1n) is 16.0. The van der Waals surface area contributed by atoms with E-state index in [-0.39, 0.29) is 32.2 Å². The van der Waals surface area contributed by atoms with Gasteiger partial charge in [0.05, 0.1) is 12.4 Å². The minimum absolute atomic E-state index is 0.0310. The van der Waals surface area contributed by atoms with E-state index in [4.69, 9.17) is 12.3 Å². The van der Waals surface area contributed by atoms with Crippen molar-refractivity contribution in [3.05, 3.63) is 90.1 Å². The fraction of sp³-hybridized carbons (Fsp3) is 0.333. The molecule has 0 aliphatic carbocycles. The SMILES string of the molecule is [2H]N[C@@H](Cc1cnc[nH]1)C(=O)N[C@@H](Cc1ccccc1)C(=O)N[C@@H](CCCN)C(=O)N[C@@H](Cc1c[nH]c2ccccc12)C(=O)NCC(=O)O. The van der Waals surface area contributed by atoms with Gasteiger partial charge < -0.3 is 47.8 Å². The van der Waals surface area contributed by atoms with E-state index >= 15 is 0 Å². The lowest BCUT2D eigenvalue weighted by molar-refractivity contribution is -0.138. The number of benzene rings is 2. The van der Waals surface area contributed by atoms with Gasteiger partial charge in [0.15, 0.2) is 0 Å². The summed E-state index contributed by atoms with van der Waals surface area (Å²) in [5.41, 5.74) is 10.8. The molecule has 0 bridgehead atoms. The minimum atomic E-state index is -1.25. The van der Waals surface area contributed by atoms with Gasteiger partial charge in [0, 0.05) is 48.3 Å². The average molecular weight is 661 g/mol. The highest BCUT2D eigenvalue weighted by Gasteiger charge is 2.31. The first-order chi connectivity index (χ1) is 23.7. The summed E-state index contributed by atoms with van der Waals surface area (Å²) >= 11 is 0. The summed E-state index contributed by atoms with van der Waals surface area (Å²) < 4.78 is 7.70. The topological polar surface area (TPSA) is 250 Å². The maximum Gasteiger partial charge on any atom is 0.322 e. The van der Waals surface area contributed by atoms with E-state index in [2.05, 4.69) is 41.9 Å². The average Bonchev–Trinajstić information content (AvgIpc) is 3.77. The van der Waals surface area contributed by atoms with Crippen molar-refractivity contribution in [1.29, 1.82) is 0 Å². The molecule has 4 aromatic rings. The molecule has 0 aliphatic heterocycles. The van der Waals surface area contributed by atoms with Crippen molar-refractivity contribution in [1.82, 2.24) is 36.2 Å². The summed E-state index contributed by atoms with van der Waals surface area (Å²) in [6, 6.07) is 11.9. The van der Waals surface area contributed by atoms with E-state index in [0.717, 1.165) is 16.5 Å². The van der Waals surface area contributed by atoms with E-state index in [0.29, 0.717) is 17.7 Å². The number of amides is 4. The zero-order chi connectivity index (χ0) is 35.2. The maximum atomic E-state index is 13.8. The Bertz CT molecular complexity index is 1700. The zero-order valence-electron chi connectivity index (χ0n) is 27.2. The highest BCUT2D eigenvalue weighted by atomic mass is 16.4. The Kier molecular flexibility index (Phi) is 12.3. The molecule has 4 rings (SSSR count). The molecule has 11 N–H and O–H groups in total. The van der Waals surface area contributed by atoms with Gasteiger partial charge in [0.1, 0.15) is 26.1 Å². The van der Waals surface area contributed by atoms with Crippen molar-refractivity contribution in [2.75, 3.05) is 13.1 Å². The number of H-pyrrole nitrogens is 2. The van der Waals surface area contributed by atoms with Crippen molar-refractivity contribution in [2.45, 2.75) is 56.3 Å². The molecule has 0 radical (unpaired) electrons. The number of hydrogen-bond donors (Lipinski definition) is 9. The lowest BCUT2D eigenvalue weighted by Crippen LogP contribution is -2.58. The number of aromatic nitrogens is 3. The van der Waals surface area contributed by atoms with Crippen LogP contribution in [0.4, 0.5) is 0 Å². The minimum Gasteiger partial charge on any atom is -0.480 e. The van der Waals surface area contributed by atoms with Crippen LogP contribution in [0.15, 0.2) is 73.3 Å². The first-order valence-corrected chi connectivity index (χ1v) is 15.5. The number of rotatable bonds is 19. The van der Waals surface area contributed by atoms with Crippen LogP contribution in [0.5, 0.6) is 0 Å². The molecule has 4 atom stereocenters. The predicted molar refractivity (Wildman–Crippen MR) is 177 cm³/mol. The van der Waals surface area contributed by atoms with Gasteiger partial charge in [-0.3, -0.25) is 24.0 Å². The number of carboxylic acid groups (broad SMARTS) is 1. The van der Waals surface area contributed by atoms with E-state index < -0.39 is 60.3 Å². The number of aliphatic carboxylic acids is 1. The molecule has 0 saturated heterocycles. The van der Waals surface area contributed by atoms with Crippen molar-refractivity contribution in [3.8, 4) is 0 Å². The molecular formula is C33H41N9O6. The number of nitrogens with zero attached hydrogens (tertiary/aromatic N) is 1. The first kappa shape index (κ1) is 33.8. The van der Waals surface area contributed by atoms with Crippen molar-refractivity contribution >= 4 is 40.5 Å². The van der Waals surface area contributed by atoms with E-state index in [1.807, 2.05) is 30.3 Å². The zero-order valence-corrected chi connectivity index (χ0v) is 26.2. The molecule has 0 saturated carbocycles.